The first-order chi connectivity index (χ1) is 17.2. The molecule has 0 radical (unpaired) electrons. The third kappa shape index (κ3) is 5.11. The summed E-state index contributed by atoms with van der Waals surface area (Å²) < 4.78 is 0. The van der Waals surface area contributed by atoms with Gasteiger partial charge in [-0.3, -0.25) is 5.41 Å². The predicted molar refractivity (Wildman–Crippen MR) is 149 cm³/mol. The maximum absolute atomic E-state index is 8.54. The maximum Gasteiger partial charge on any atom is 0.162 e. The molecule has 5 aromatic rings. The number of hydrogen-bond acceptors (Lipinski definition) is 1. The number of fused-ring (bicyclic) bond motifs is 1. The number of hydrogen-bond donors (Lipinski definition) is 1. The van der Waals surface area contributed by atoms with E-state index in [1.54, 1.807) is 0 Å². The Hall–Kier alpha value is -4.34. The van der Waals surface area contributed by atoms with E-state index in [1.807, 2.05) is 78.9 Å². The third-order valence-electron chi connectivity index (χ3n) is 5.88. The highest BCUT2D eigenvalue weighted by atomic mass is 35.5. The van der Waals surface area contributed by atoms with Gasteiger partial charge in [0.1, 0.15) is 0 Å². The van der Waals surface area contributed by atoms with Crippen molar-refractivity contribution in [2.75, 3.05) is 0 Å². The van der Waals surface area contributed by atoms with E-state index in [0.29, 0.717) is 11.4 Å². The minimum absolute atomic E-state index is 0.126. The van der Waals surface area contributed by atoms with Crippen molar-refractivity contribution in [3.05, 3.63) is 132 Å². The number of nitrogens with one attached hydrogen (secondary N) is 1. The molecule has 0 bridgehead atoms. The molecule has 0 aliphatic rings. The van der Waals surface area contributed by atoms with E-state index in [9.17, 15) is 0 Å². The van der Waals surface area contributed by atoms with E-state index < -0.39 is 0 Å². The number of nitrogens with zero attached hydrogens (tertiary/aromatic N) is 2. The summed E-state index contributed by atoms with van der Waals surface area (Å²) in [5.74, 6) is 0.526. The molecular formula is C31H22ClN3. The van der Waals surface area contributed by atoms with Crippen molar-refractivity contribution in [2.24, 2.45) is 9.98 Å². The molecule has 3 nitrogen and oxygen atoms in total. The molecule has 35 heavy (non-hydrogen) atoms. The molecule has 5 rings (SSSR count). The molecule has 5 aromatic carbocycles. The van der Waals surface area contributed by atoms with Gasteiger partial charge in [-0.1, -0.05) is 127 Å². The van der Waals surface area contributed by atoms with Gasteiger partial charge < -0.3 is 0 Å². The first kappa shape index (κ1) is 22.5. The van der Waals surface area contributed by atoms with Gasteiger partial charge >= 0.3 is 0 Å². The van der Waals surface area contributed by atoms with Crippen molar-refractivity contribution in [1.82, 2.24) is 0 Å². The lowest BCUT2D eigenvalue weighted by Crippen LogP contribution is -2.04. The van der Waals surface area contributed by atoms with E-state index in [2.05, 4.69) is 52.4 Å². The monoisotopic (exact) mass is 471 g/mol. The second-order valence-electron chi connectivity index (χ2n) is 8.09. The summed E-state index contributed by atoms with van der Waals surface area (Å²) in [6.45, 7) is 0. The Balaban J connectivity index is 1.38. The number of aliphatic imine (C=N–C) groups is 2. The number of halogens is 1. The van der Waals surface area contributed by atoms with Gasteiger partial charge in [-0.05, 0) is 39.1 Å². The fraction of sp³-hybridized carbons (Fsp3) is 0. The summed E-state index contributed by atoms with van der Waals surface area (Å²) in [6.07, 6.45) is 0. The van der Waals surface area contributed by atoms with Gasteiger partial charge in [0.05, 0.1) is 5.67 Å². The Kier molecular flexibility index (Phi) is 6.60. The van der Waals surface area contributed by atoms with Crippen LogP contribution >= 0.6 is 11.6 Å². The van der Waals surface area contributed by atoms with Gasteiger partial charge in [-0.2, -0.15) is 0 Å². The van der Waals surface area contributed by atoms with Crippen LogP contribution in [0.3, 0.4) is 0 Å². The fourth-order valence-electron chi connectivity index (χ4n) is 4.02. The van der Waals surface area contributed by atoms with Crippen LogP contribution in [-0.2, 0) is 0 Å². The Bertz CT molecular complexity index is 1530. The highest BCUT2D eigenvalue weighted by molar-refractivity contribution is 6.57. The quantitative estimate of drug-likeness (QED) is 0.203. The van der Waals surface area contributed by atoms with E-state index in [4.69, 9.17) is 17.0 Å². The Morgan fingerprint density at radius 3 is 1.71 bits per heavy atom. The van der Waals surface area contributed by atoms with Crippen molar-refractivity contribution >= 4 is 39.7 Å². The standard InChI is InChI=1S/C31H22ClN3/c32-21-34-31(29-19-16-23-8-4-5-9-28(23)20-29)35-30(33)27-17-14-26(15-18-27)25-12-10-24(11-13-25)22-6-2-1-3-7-22/h1-21,33H/b33-30?,34-21+,35-31-. The Morgan fingerprint density at radius 1 is 0.571 bits per heavy atom. The molecule has 1 N–H and O–H groups in total. The van der Waals surface area contributed by atoms with E-state index in [1.165, 1.54) is 16.8 Å². The molecule has 0 saturated carbocycles. The van der Waals surface area contributed by atoms with Crippen LogP contribution in [0.4, 0.5) is 0 Å². The molecule has 0 fully saturated rings. The number of rotatable bonds is 4. The van der Waals surface area contributed by atoms with Crippen LogP contribution < -0.4 is 0 Å². The van der Waals surface area contributed by atoms with Crippen LogP contribution in [0.2, 0.25) is 0 Å². The molecule has 0 spiro atoms. The largest absolute Gasteiger partial charge is 0.282 e. The zero-order chi connectivity index (χ0) is 24.0. The highest BCUT2D eigenvalue weighted by Gasteiger charge is 2.08. The molecule has 0 unspecified atom stereocenters. The Morgan fingerprint density at radius 2 is 1.09 bits per heavy atom. The molecule has 0 heterocycles. The number of benzene rings is 5. The molecule has 0 atom stereocenters. The molecule has 0 aromatic heterocycles. The van der Waals surface area contributed by atoms with E-state index in [0.717, 1.165) is 27.5 Å². The summed E-state index contributed by atoms with van der Waals surface area (Å²) in [6, 6.07) is 40.7. The van der Waals surface area contributed by atoms with Crippen molar-refractivity contribution < 1.29 is 0 Å². The molecule has 0 aliphatic heterocycles. The first-order valence-electron chi connectivity index (χ1n) is 11.3. The topological polar surface area (TPSA) is 48.6 Å². The molecule has 0 saturated heterocycles. The molecule has 4 heteroatoms. The summed E-state index contributed by atoms with van der Waals surface area (Å²) >= 11 is 5.79. The van der Waals surface area contributed by atoms with Crippen molar-refractivity contribution in [3.8, 4) is 22.3 Å². The van der Waals surface area contributed by atoms with Gasteiger partial charge in [0, 0.05) is 11.1 Å². The van der Waals surface area contributed by atoms with Gasteiger partial charge in [0.15, 0.2) is 11.7 Å². The van der Waals surface area contributed by atoms with Crippen molar-refractivity contribution in [2.45, 2.75) is 0 Å². The normalized spacial score (nSPS) is 11.7. The lowest BCUT2D eigenvalue weighted by Gasteiger charge is -2.07. The average Bonchev–Trinajstić information content (AvgIpc) is 2.93. The van der Waals surface area contributed by atoms with Gasteiger partial charge in [-0.15, -0.1) is 0 Å². The molecule has 0 amide bonds. The van der Waals surface area contributed by atoms with Crippen molar-refractivity contribution in [3.63, 3.8) is 0 Å². The minimum atomic E-state index is 0.126. The third-order valence-corrected chi connectivity index (χ3v) is 5.98. The smallest absolute Gasteiger partial charge is 0.162 e. The SMILES string of the molecule is N=C(/N=C(\N=C\Cl)c1ccc2ccccc2c1)c1ccc(-c2ccc(-c3ccccc3)cc2)cc1. The van der Waals surface area contributed by atoms with Gasteiger partial charge in [-0.25, -0.2) is 9.98 Å². The summed E-state index contributed by atoms with van der Waals surface area (Å²) in [5, 5.41) is 10.8. The van der Waals surface area contributed by atoms with Crippen LogP contribution in [0.5, 0.6) is 0 Å². The second kappa shape index (κ2) is 10.3. The summed E-state index contributed by atoms with van der Waals surface area (Å²) in [5.41, 5.74) is 7.28. The van der Waals surface area contributed by atoms with Crippen molar-refractivity contribution in [1.29, 1.82) is 5.41 Å². The minimum Gasteiger partial charge on any atom is -0.282 e. The van der Waals surface area contributed by atoms with Crippen LogP contribution in [-0.4, -0.2) is 17.3 Å². The zero-order valence-corrected chi connectivity index (χ0v) is 19.7. The van der Waals surface area contributed by atoms with E-state index >= 15 is 0 Å². The second-order valence-corrected chi connectivity index (χ2v) is 8.29. The fourth-order valence-corrected chi connectivity index (χ4v) is 4.11. The molecule has 168 valence electrons. The first-order valence-corrected chi connectivity index (χ1v) is 11.7. The van der Waals surface area contributed by atoms with Gasteiger partial charge in [0.25, 0.3) is 0 Å². The lowest BCUT2D eigenvalue weighted by molar-refractivity contribution is 1.40. The van der Waals surface area contributed by atoms with Gasteiger partial charge in [0.2, 0.25) is 0 Å². The lowest BCUT2D eigenvalue weighted by atomic mass is 9.99. The Labute approximate surface area is 209 Å². The van der Waals surface area contributed by atoms with Crippen LogP contribution in [0.1, 0.15) is 11.1 Å². The average molecular weight is 472 g/mol. The summed E-state index contributed by atoms with van der Waals surface area (Å²) in [7, 11) is 0. The van der Waals surface area contributed by atoms with Crippen LogP contribution in [0.15, 0.2) is 131 Å². The zero-order valence-electron chi connectivity index (χ0n) is 18.9. The predicted octanol–water partition coefficient (Wildman–Crippen LogP) is 8.21. The molecular weight excluding hydrogens is 450 g/mol. The highest BCUT2D eigenvalue weighted by Crippen LogP contribution is 2.25. The number of amidine groups is 2. The molecule has 0 aliphatic carbocycles. The maximum atomic E-state index is 8.54. The van der Waals surface area contributed by atoms with E-state index in [-0.39, 0.29) is 5.84 Å². The summed E-state index contributed by atoms with van der Waals surface area (Å²) in [4.78, 5) is 8.69. The van der Waals surface area contributed by atoms with Crippen LogP contribution in [0.25, 0.3) is 33.0 Å². The van der Waals surface area contributed by atoms with Crippen LogP contribution in [0, 0.1) is 5.41 Å².